The summed E-state index contributed by atoms with van der Waals surface area (Å²) in [4.78, 5) is 17.6. The summed E-state index contributed by atoms with van der Waals surface area (Å²) in [6.45, 7) is 0. The Kier molecular flexibility index (Phi) is 1.95. The molecule has 15 heavy (non-hydrogen) atoms. The first kappa shape index (κ1) is 8.85. The van der Waals surface area contributed by atoms with E-state index in [0.717, 1.165) is 27.9 Å². The summed E-state index contributed by atoms with van der Waals surface area (Å²) in [5, 5.41) is 4.02. The van der Waals surface area contributed by atoms with Crippen LogP contribution in [-0.2, 0) is 0 Å². The Morgan fingerprint density at radius 2 is 2.40 bits per heavy atom. The fourth-order valence-electron chi connectivity index (χ4n) is 1.47. The molecule has 1 aliphatic carbocycles. The quantitative estimate of drug-likeness (QED) is 0.839. The molecule has 2 heterocycles. The molecule has 0 unspecified atom stereocenters. The molecule has 0 atom stereocenters. The Hall–Kier alpha value is -1.42. The molecule has 0 saturated heterocycles. The van der Waals surface area contributed by atoms with Crippen LogP contribution in [0.2, 0.25) is 0 Å². The van der Waals surface area contributed by atoms with Crippen molar-refractivity contribution in [1.29, 1.82) is 0 Å². The Labute approximate surface area is 91.1 Å². The van der Waals surface area contributed by atoms with E-state index in [-0.39, 0.29) is 5.91 Å². The van der Waals surface area contributed by atoms with Crippen LogP contribution in [0.3, 0.4) is 0 Å². The highest BCUT2D eigenvalue weighted by atomic mass is 32.1. The molecule has 0 aromatic carbocycles. The monoisotopic (exact) mass is 218 g/mol. The molecular formula is C11H10N2OS. The lowest BCUT2D eigenvalue weighted by Gasteiger charge is -1.97. The number of rotatable bonds is 2. The van der Waals surface area contributed by atoms with E-state index in [1.54, 1.807) is 6.20 Å². The van der Waals surface area contributed by atoms with Crippen LogP contribution in [0.25, 0.3) is 10.2 Å². The maximum Gasteiger partial charge on any atom is 0.261 e. The van der Waals surface area contributed by atoms with Gasteiger partial charge in [-0.1, -0.05) is 6.07 Å². The number of hydrogen-bond donors (Lipinski definition) is 1. The zero-order valence-corrected chi connectivity index (χ0v) is 8.88. The van der Waals surface area contributed by atoms with Gasteiger partial charge in [-0.05, 0) is 25.0 Å². The second-order valence-electron chi connectivity index (χ2n) is 3.76. The molecule has 0 radical (unpaired) electrons. The Balaban J connectivity index is 1.92. The van der Waals surface area contributed by atoms with Crippen molar-refractivity contribution in [1.82, 2.24) is 10.3 Å². The van der Waals surface area contributed by atoms with Crippen LogP contribution in [0.1, 0.15) is 22.5 Å². The van der Waals surface area contributed by atoms with Gasteiger partial charge in [0.15, 0.2) is 0 Å². The molecule has 3 nitrogen and oxygen atoms in total. The molecule has 2 aromatic rings. The number of pyridine rings is 1. The van der Waals surface area contributed by atoms with Gasteiger partial charge in [-0.25, -0.2) is 4.98 Å². The van der Waals surface area contributed by atoms with Crippen molar-refractivity contribution in [3.8, 4) is 0 Å². The van der Waals surface area contributed by atoms with Crippen molar-refractivity contribution in [3.63, 3.8) is 0 Å². The van der Waals surface area contributed by atoms with Gasteiger partial charge in [-0.3, -0.25) is 4.79 Å². The molecule has 76 valence electrons. The summed E-state index contributed by atoms with van der Waals surface area (Å²) in [6.07, 6.45) is 3.99. The van der Waals surface area contributed by atoms with E-state index in [2.05, 4.69) is 10.3 Å². The van der Waals surface area contributed by atoms with Crippen LogP contribution in [0.15, 0.2) is 24.4 Å². The molecule has 1 saturated carbocycles. The second kappa shape index (κ2) is 3.31. The van der Waals surface area contributed by atoms with Gasteiger partial charge < -0.3 is 5.32 Å². The van der Waals surface area contributed by atoms with Crippen LogP contribution in [0.4, 0.5) is 0 Å². The fraction of sp³-hybridized carbons (Fsp3) is 0.273. The number of amides is 1. The average molecular weight is 218 g/mol. The molecule has 0 bridgehead atoms. The van der Waals surface area contributed by atoms with Crippen molar-refractivity contribution in [3.05, 3.63) is 29.3 Å². The van der Waals surface area contributed by atoms with Crippen molar-refractivity contribution in [2.24, 2.45) is 0 Å². The third kappa shape index (κ3) is 1.72. The van der Waals surface area contributed by atoms with Gasteiger partial charge in [0.25, 0.3) is 5.91 Å². The standard InChI is InChI=1S/C11H10N2OS/c14-10(13-8-3-4-8)9-6-7-2-1-5-12-11(7)15-9/h1-2,5-6,8H,3-4H2,(H,13,14). The smallest absolute Gasteiger partial charge is 0.261 e. The molecule has 1 aliphatic rings. The number of hydrogen-bond acceptors (Lipinski definition) is 3. The minimum absolute atomic E-state index is 0.0421. The zero-order valence-electron chi connectivity index (χ0n) is 8.06. The van der Waals surface area contributed by atoms with Crippen LogP contribution < -0.4 is 5.32 Å². The van der Waals surface area contributed by atoms with Gasteiger partial charge in [0.2, 0.25) is 0 Å². The lowest BCUT2D eigenvalue weighted by Crippen LogP contribution is -2.24. The van der Waals surface area contributed by atoms with Gasteiger partial charge in [-0.15, -0.1) is 11.3 Å². The minimum atomic E-state index is 0.0421. The molecular weight excluding hydrogens is 208 g/mol. The second-order valence-corrected chi connectivity index (χ2v) is 4.79. The Bertz CT molecular complexity index is 483. The first-order chi connectivity index (χ1) is 7.33. The third-order valence-corrected chi connectivity index (χ3v) is 3.49. The highest BCUT2D eigenvalue weighted by molar-refractivity contribution is 7.20. The van der Waals surface area contributed by atoms with Crippen molar-refractivity contribution in [2.45, 2.75) is 18.9 Å². The predicted octanol–water partition coefficient (Wildman–Crippen LogP) is 2.19. The van der Waals surface area contributed by atoms with Gasteiger partial charge >= 0.3 is 0 Å². The third-order valence-electron chi connectivity index (χ3n) is 2.43. The molecule has 3 rings (SSSR count). The maximum absolute atomic E-state index is 11.7. The lowest BCUT2D eigenvalue weighted by atomic mass is 10.3. The van der Waals surface area contributed by atoms with Crippen molar-refractivity contribution >= 4 is 27.5 Å². The zero-order chi connectivity index (χ0) is 10.3. The SMILES string of the molecule is O=C(NC1CC1)c1cc2cccnc2s1. The van der Waals surface area contributed by atoms with Crippen LogP contribution in [-0.4, -0.2) is 16.9 Å². The van der Waals surface area contributed by atoms with Gasteiger partial charge in [-0.2, -0.15) is 0 Å². The number of nitrogens with one attached hydrogen (secondary N) is 1. The molecule has 2 aromatic heterocycles. The van der Waals surface area contributed by atoms with Gasteiger partial charge in [0.1, 0.15) is 4.83 Å². The van der Waals surface area contributed by atoms with Crippen LogP contribution >= 0.6 is 11.3 Å². The van der Waals surface area contributed by atoms with Crippen molar-refractivity contribution in [2.75, 3.05) is 0 Å². The molecule has 4 heteroatoms. The average Bonchev–Trinajstić information content (AvgIpc) is 2.95. The fourth-order valence-corrected chi connectivity index (χ4v) is 2.37. The largest absolute Gasteiger partial charge is 0.349 e. The van der Waals surface area contributed by atoms with E-state index < -0.39 is 0 Å². The van der Waals surface area contributed by atoms with Crippen molar-refractivity contribution < 1.29 is 4.79 Å². The Morgan fingerprint density at radius 3 is 3.13 bits per heavy atom. The first-order valence-corrected chi connectivity index (χ1v) is 5.80. The number of thiophene rings is 1. The summed E-state index contributed by atoms with van der Waals surface area (Å²) >= 11 is 1.45. The molecule has 1 N–H and O–H groups in total. The van der Waals surface area contributed by atoms with Crippen LogP contribution in [0, 0.1) is 0 Å². The predicted molar refractivity (Wildman–Crippen MR) is 60.1 cm³/mol. The lowest BCUT2D eigenvalue weighted by molar-refractivity contribution is 0.0955. The topological polar surface area (TPSA) is 42.0 Å². The number of carbonyl (C=O) groups excluding carboxylic acids is 1. The number of fused-ring (bicyclic) bond motifs is 1. The number of aromatic nitrogens is 1. The Morgan fingerprint density at radius 1 is 1.53 bits per heavy atom. The highest BCUT2D eigenvalue weighted by Crippen LogP contribution is 2.25. The van der Waals surface area contributed by atoms with E-state index in [0.29, 0.717) is 6.04 Å². The van der Waals surface area contributed by atoms with Crippen LogP contribution in [0.5, 0.6) is 0 Å². The van der Waals surface area contributed by atoms with E-state index in [4.69, 9.17) is 0 Å². The first-order valence-electron chi connectivity index (χ1n) is 4.98. The molecule has 0 spiro atoms. The van der Waals surface area contributed by atoms with E-state index in [1.165, 1.54) is 11.3 Å². The van der Waals surface area contributed by atoms with E-state index in [1.807, 2.05) is 18.2 Å². The van der Waals surface area contributed by atoms with E-state index in [9.17, 15) is 4.79 Å². The summed E-state index contributed by atoms with van der Waals surface area (Å²) in [5.41, 5.74) is 0. The maximum atomic E-state index is 11.7. The molecule has 0 aliphatic heterocycles. The summed E-state index contributed by atoms with van der Waals surface area (Å²) < 4.78 is 0. The van der Waals surface area contributed by atoms with Gasteiger partial charge in [0, 0.05) is 17.6 Å². The summed E-state index contributed by atoms with van der Waals surface area (Å²) in [6, 6.07) is 6.19. The van der Waals surface area contributed by atoms with Gasteiger partial charge in [0.05, 0.1) is 4.88 Å². The number of carbonyl (C=O) groups is 1. The molecule has 1 fully saturated rings. The normalized spacial score (nSPS) is 15.5. The summed E-state index contributed by atoms with van der Waals surface area (Å²) in [5.74, 6) is 0.0421. The highest BCUT2D eigenvalue weighted by Gasteiger charge is 2.24. The minimum Gasteiger partial charge on any atom is -0.349 e. The van der Waals surface area contributed by atoms with E-state index >= 15 is 0 Å². The molecule has 1 amide bonds. The number of nitrogens with zero attached hydrogens (tertiary/aromatic N) is 1. The summed E-state index contributed by atoms with van der Waals surface area (Å²) in [7, 11) is 0.